The third-order valence-electron chi connectivity index (χ3n) is 0.852. The topological polar surface area (TPSA) is 20.2 Å². The van der Waals surface area contributed by atoms with E-state index < -0.39 is 0 Å². The van der Waals surface area contributed by atoms with Crippen molar-refractivity contribution >= 4 is 32.6 Å². The molecule has 3 heteroatoms. The fraction of sp³-hybridized carbons (Fsp3) is 0. The van der Waals surface area contributed by atoms with E-state index in [9.17, 15) is 0 Å². The lowest BCUT2D eigenvalue weighted by atomic mass is 10.4. The standard InChI is InChI=1S/C6H4BrOS/c1-4(8)6-2-5(7)3-9-6/h2-3H,1H2/q+1/p+1. The van der Waals surface area contributed by atoms with Gasteiger partial charge in [0.25, 0.3) is 5.76 Å². The van der Waals surface area contributed by atoms with Gasteiger partial charge in [-0.25, -0.2) is 0 Å². The first kappa shape index (κ1) is 6.83. The van der Waals surface area contributed by atoms with Crippen LogP contribution in [0.1, 0.15) is 0 Å². The van der Waals surface area contributed by atoms with Crippen LogP contribution in [0.15, 0.2) is 23.3 Å². The second-order valence-electron chi connectivity index (χ2n) is 1.58. The molecule has 0 spiro atoms. The van der Waals surface area contributed by atoms with E-state index in [4.69, 9.17) is 5.11 Å². The summed E-state index contributed by atoms with van der Waals surface area (Å²) in [5.41, 5.74) is 0. The minimum atomic E-state index is 0.130. The van der Waals surface area contributed by atoms with Gasteiger partial charge in [-0.05, 0) is 6.58 Å². The number of hydrogen-bond donors (Lipinski definition) is 1. The zero-order valence-corrected chi connectivity index (χ0v) is 7.00. The van der Waals surface area contributed by atoms with Gasteiger partial charge in [-0.3, -0.25) is 0 Å². The van der Waals surface area contributed by atoms with E-state index in [1.807, 2.05) is 11.4 Å². The van der Waals surface area contributed by atoms with E-state index in [2.05, 4.69) is 22.5 Å². The summed E-state index contributed by atoms with van der Waals surface area (Å²) >= 11 is 4.72. The molecule has 1 nitrogen and oxygen atoms in total. The van der Waals surface area contributed by atoms with Crippen molar-refractivity contribution in [2.75, 3.05) is 0 Å². The number of halogens is 1. The molecule has 0 unspecified atom stereocenters. The molecule has 0 atom stereocenters. The molecule has 1 aliphatic rings. The van der Waals surface area contributed by atoms with Gasteiger partial charge in [0.05, 0.1) is 15.9 Å². The summed E-state index contributed by atoms with van der Waals surface area (Å²) < 4.78 is 0. The Morgan fingerprint density at radius 3 is 2.78 bits per heavy atom. The summed E-state index contributed by atoms with van der Waals surface area (Å²) in [5, 5.41) is 10.7. The second kappa shape index (κ2) is 2.54. The summed E-state index contributed by atoms with van der Waals surface area (Å²) in [7, 11) is 0. The van der Waals surface area contributed by atoms with Crippen LogP contribution in [0.25, 0.3) is 0 Å². The van der Waals surface area contributed by atoms with Gasteiger partial charge in [-0.2, -0.15) is 0 Å². The lowest BCUT2D eigenvalue weighted by Gasteiger charge is -1.71. The molecular formula is C6H5BrOS+2. The van der Waals surface area contributed by atoms with Crippen LogP contribution in [0.5, 0.6) is 0 Å². The second-order valence-corrected chi connectivity index (χ2v) is 3.40. The van der Waals surface area contributed by atoms with Gasteiger partial charge in [0, 0.05) is 0 Å². The molecular weight excluding hydrogens is 200 g/mol. The van der Waals surface area contributed by atoms with Crippen molar-refractivity contribution in [1.82, 2.24) is 0 Å². The van der Waals surface area contributed by atoms with Gasteiger partial charge in [0.1, 0.15) is 0 Å². The minimum Gasteiger partial charge on any atom is -0.488 e. The first-order valence-electron chi connectivity index (χ1n) is 2.32. The van der Waals surface area contributed by atoms with Crippen molar-refractivity contribution in [3.63, 3.8) is 0 Å². The molecule has 0 amide bonds. The first-order valence-corrected chi connectivity index (χ1v) is 3.99. The van der Waals surface area contributed by atoms with Crippen LogP contribution in [0.3, 0.4) is 0 Å². The van der Waals surface area contributed by atoms with Crippen LogP contribution in [-0.4, -0.2) is 10.5 Å². The van der Waals surface area contributed by atoms with Gasteiger partial charge in [-0.15, -0.1) is 0 Å². The molecule has 0 aliphatic carbocycles. The molecule has 1 heterocycles. The van der Waals surface area contributed by atoms with E-state index in [-0.39, 0.29) is 5.76 Å². The highest BCUT2D eigenvalue weighted by Gasteiger charge is 2.33. The summed E-state index contributed by atoms with van der Waals surface area (Å²) in [6.07, 6.45) is 1.83. The molecule has 0 fully saturated rings. The third-order valence-corrected chi connectivity index (χ3v) is 2.59. The number of aliphatic hydroxyl groups excluding tert-OH is 1. The summed E-state index contributed by atoms with van der Waals surface area (Å²) in [6, 6.07) is 0. The monoisotopic (exact) mass is 204 g/mol. The van der Waals surface area contributed by atoms with E-state index in [0.29, 0.717) is 0 Å². The zero-order valence-electron chi connectivity index (χ0n) is 4.60. The highest BCUT2D eigenvalue weighted by atomic mass is 79.9. The van der Waals surface area contributed by atoms with Crippen molar-refractivity contribution in [2.45, 2.75) is 0 Å². The Balaban J connectivity index is 2.75. The number of aliphatic hydroxyl groups is 1. The highest BCUT2D eigenvalue weighted by molar-refractivity contribution is 9.11. The Kier molecular flexibility index (Phi) is 1.93. The smallest absolute Gasteiger partial charge is 0.404 e. The average molecular weight is 205 g/mol. The Hall–Kier alpha value is -0.280. The third kappa shape index (κ3) is 1.56. The molecule has 0 saturated carbocycles. The van der Waals surface area contributed by atoms with Crippen molar-refractivity contribution in [1.29, 1.82) is 0 Å². The van der Waals surface area contributed by atoms with E-state index in [1.165, 1.54) is 11.4 Å². The summed E-state index contributed by atoms with van der Waals surface area (Å²) in [5.74, 6) is 0.130. The van der Waals surface area contributed by atoms with E-state index in [0.717, 1.165) is 9.73 Å². The molecule has 0 bridgehead atoms. The van der Waals surface area contributed by atoms with Crippen LogP contribution in [-0.2, 0) is 11.4 Å². The fourth-order valence-electron chi connectivity index (χ4n) is 0.464. The molecule has 46 valence electrons. The normalized spacial score (nSPS) is 16.1. The highest BCUT2D eigenvalue weighted by Crippen LogP contribution is 2.19. The zero-order chi connectivity index (χ0) is 6.85. The van der Waals surface area contributed by atoms with Crippen LogP contribution in [0.2, 0.25) is 0 Å². The maximum atomic E-state index is 8.83. The number of allylic oxidation sites excluding steroid dienone is 1. The molecule has 0 radical (unpaired) electrons. The molecule has 0 aromatic heterocycles. The van der Waals surface area contributed by atoms with Crippen LogP contribution < -0.4 is 0 Å². The average Bonchev–Trinajstić information content (AvgIpc) is 2.14. The lowest BCUT2D eigenvalue weighted by molar-refractivity contribution is 0.433. The number of hydrogen-bond acceptors (Lipinski definition) is 1. The van der Waals surface area contributed by atoms with E-state index >= 15 is 0 Å². The maximum Gasteiger partial charge on any atom is 0.404 e. The lowest BCUT2D eigenvalue weighted by Crippen LogP contribution is -1.79. The van der Waals surface area contributed by atoms with Crippen LogP contribution >= 0.6 is 15.9 Å². The summed E-state index contributed by atoms with van der Waals surface area (Å²) in [6.45, 7) is 3.38. The Bertz CT molecular complexity index is 195. The predicted molar refractivity (Wildman–Crippen MR) is 45.5 cm³/mol. The first-order chi connectivity index (χ1) is 4.20. The van der Waals surface area contributed by atoms with Crippen molar-refractivity contribution < 1.29 is 5.11 Å². The van der Waals surface area contributed by atoms with Crippen LogP contribution in [0.4, 0.5) is 0 Å². The summed E-state index contributed by atoms with van der Waals surface area (Å²) in [4.78, 5) is 1.79. The molecule has 0 aromatic carbocycles. The van der Waals surface area contributed by atoms with E-state index in [1.54, 1.807) is 0 Å². The predicted octanol–water partition coefficient (Wildman–Crippen LogP) is 1.77. The maximum absolute atomic E-state index is 8.83. The minimum absolute atomic E-state index is 0.130. The van der Waals surface area contributed by atoms with Gasteiger partial charge in [-0.1, -0.05) is 0 Å². The Labute approximate surface area is 66.2 Å². The fourth-order valence-corrected chi connectivity index (χ4v) is 1.76. The Morgan fingerprint density at radius 1 is 1.89 bits per heavy atom. The van der Waals surface area contributed by atoms with Gasteiger partial charge >= 0.3 is 21.6 Å². The largest absolute Gasteiger partial charge is 0.488 e. The van der Waals surface area contributed by atoms with Gasteiger partial charge in [0.2, 0.25) is 4.83 Å². The van der Waals surface area contributed by atoms with Crippen molar-refractivity contribution in [2.24, 2.45) is 0 Å². The van der Waals surface area contributed by atoms with Crippen LogP contribution in [0, 0.1) is 4.83 Å². The van der Waals surface area contributed by atoms with Gasteiger partial charge < -0.3 is 5.11 Å². The molecule has 9 heavy (non-hydrogen) atoms. The molecule has 1 N–H and O–H groups in total. The quantitative estimate of drug-likeness (QED) is 0.299. The molecule has 1 rings (SSSR count). The number of rotatable bonds is 1. The SMILES string of the molecule is C=C(O)C1=C[C+](Br)C=[S+]1. The van der Waals surface area contributed by atoms with Crippen molar-refractivity contribution in [3.8, 4) is 0 Å². The molecule has 1 aliphatic heterocycles. The molecule has 0 saturated heterocycles. The van der Waals surface area contributed by atoms with Gasteiger partial charge in [0.15, 0.2) is 6.08 Å². The Morgan fingerprint density at radius 2 is 2.56 bits per heavy atom. The molecule has 0 aromatic rings. The van der Waals surface area contributed by atoms with Crippen molar-refractivity contribution in [3.05, 3.63) is 28.1 Å².